The molecule has 4 atom stereocenters. The van der Waals surface area contributed by atoms with Gasteiger partial charge in [-0.15, -0.1) is 0 Å². The zero-order valence-corrected chi connectivity index (χ0v) is 11.4. The van der Waals surface area contributed by atoms with Gasteiger partial charge in [0, 0.05) is 20.0 Å². The molecule has 0 aromatic heterocycles. The first-order valence-electron chi connectivity index (χ1n) is 6.60. The summed E-state index contributed by atoms with van der Waals surface area (Å²) in [6.07, 6.45) is 3.79. The lowest BCUT2D eigenvalue weighted by Gasteiger charge is -2.42. The van der Waals surface area contributed by atoms with Crippen molar-refractivity contribution in [2.45, 2.75) is 50.4 Å². The molecule has 0 aromatic carbocycles. The van der Waals surface area contributed by atoms with Crippen molar-refractivity contribution < 1.29 is 23.8 Å². The van der Waals surface area contributed by atoms with Gasteiger partial charge in [0.2, 0.25) is 0 Å². The van der Waals surface area contributed by atoms with Crippen LogP contribution in [0.25, 0.3) is 0 Å². The summed E-state index contributed by atoms with van der Waals surface area (Å²) < 4.78 is 16.5. The number of rotatable bonds is 2. The fourth-order valence-corrected chi connectivity index (χ4v) is 3.80. The number of methoxy groups -OCH3 is 1. The maximum Gasteiger partial charge on any atom is 0.338 e. The second-order valence-corrected chi connectivity index (χ2v) is 5.83. The molecular weight excluding hydrogens is 248 g/mol. The Kier molecular flexibility index (Phi) is 2.55. The van der Waals surface area contributed by atoms with E-state index in [0.717, 1.165) is 19.3 Å². The highest BCUT2D eigenvalue weighted by atomic mass is 16.6. The second kappa shape index (κ2) is 3.82. The van der Waals surface area contributed by atoms with Gasteiger partial charge in [-0.2, -0.15) is 0 Å². The van der Waals surface area contributed by atoms with Crippen molar-refractivity contribution in [3.8, 4) is 0 Å². The maximum absolute atomic E-state index is 12.1. The largest absolute Gasteiger partial charge is 0.454 e. The Morgan fingerprint density at radius 2 is 2.21 bits per heavy atom. The third-order valence-corrected chi connectivity index (χ3v) is 4.63. The van der Waals surface area contributed by atoms with E-state index in [2.05, 4.69) is 0 Å². The third-order valence-electron chi connectivity index (χ3n) is 4.63. The quantitative estimate of drug-likeness (QED) is 0.706. The Balaban J connectivity index is 2.12. The van der Waals surface area contributed by atoms with E-state index in [1.165, 1.54) is 6.92 Å². The Morgan fingerprint density at radius 3 is 2.84 bits per heavy atom. The van der Waals surface area contributed by atoms with Crippen LogP contribution in [-0.2, 0) is 23.8 Å². The standard InChI is InChI=1S/C14H18O5/c1-8(15)19-14-9-4-5-11(14)18-12(16)10(14)7-13(2,6-9)17-3/h7,9,11H,4-6H2,1-3H3/t9-,11-,13+,14+/m1/s1. The third kappa shape index (κ3) is 1.57. The molecule has 3 aliphatic rings. The monoisotopic (exact) mass is 266 g/mol. The molecule has 19 heavy (non-hydrogen) atoms. The summed E-state index contributed by atoms with van der Waals surface area (Å²) in [6.45, 7) is 3.31. The highest BCUT2D eigenvalue weighted by molar-refractivity contribution is 5.95. The minimum Gasteiger partial charge on any atom is -0.454 e. The molecular formula is C14H18O5. The van der Waals surface area contributed by atoms with Gasteiger partial charge in [-0.1, -0.05) is 0 Å². The molecule has 0 radical (unpaired) electrons. The van der Waals surface area contributed by atoms with E-state index in [4.69, 9.17) is 14.2 Å². The van der Waals surface area contributed by atoms with Crippen molar-refractivity contribution in [2.75, 3.05) is 7.11 Å². The molecule has 0 spiro atoms. The lowest BCUT2D eigenvalue weighted by atomic mass is 9.71. The van der Waals surface area contributed by atoms with Crippen molar-refractivity contribution in [1.29, 1.82) is 0 Å². The minimum absolute atomic E-state index is 0.0813. The van der Waals surface area contributed by atoms with Gasteiger partial charge < -0.3 is 14.2 Å². The number of carbonyl (C=O) groups is 2. The van der Waals surface area contributed by atoms with Gasteiger partial charge in [-0.25, -0.2) is 4.79 Å². The van der Waals surface area contributed by atoms with Crippen molar-refractivity contribution in [3.05, 3.63) is 11.6 Å². The van der Waals surface area contributed by atoms with E-state index < -0.39 is 11.2 Å². The van der Waals surface area contributed by atoms with Gasteiger partial charge in [0.25, 0.3) is 0 Å². The Bertz CT molecular complexity index is 482. The molecule has 5 nitrogen and oxygen atoms in total. The zero-order chi connectivity index (χ0) is 13.8. The second-order valence-electron chi connectivity index (χ2n) is 5.83. The number of carbonyl (C=O) groups excluding carboxylic acids is 2. The zero-order valence-electron chi connectivity index (χ0n) is 11.4. The molecule has 0 amide bonds. The Labute approximate surface area is 111 Å². The number of esters is 2. The predicted molar refractivity (Wildman–Crippen MR) is 65.2 cm³/mol. The average Bonchev–Trinajstić information content (AvgIpc) is 2.79. The summed E-state index contributed by atoms with van der Waals surface area (Å²) >= 11 is 0. The van der Waals surface area contributed by atoms with Crippen LogP contribution < -0.4 is 0 Å². The van der Waals surface area contributed by atoms with Crippen LogP contribution in [0.3, 0.4) is 0 Å². The fraction of sp³-hybridized carbons (Fsp3) is 0.714. The highest BCUT2D eigenvalue weighted by Crippen LogP contribution is 2.56. The maximum atomic E-state index is 12.1. The van der Waals surface area contributed by atoms with Crippen molar-refractivity contribution in [1.82, 2.24) is 0 Å². The van der Waals surface area contributed by atoms with Crippen LogP contribution in [0, 0.1) is 5.92 Å². The van der Waals surface area contributed by atoms with Crippen LogP contribution in [0.15, 0.2) is 11.6 Å². The normalized spacial score (nSPS) is 43.5. The smallest absolute Gasteiger partial charge is 0.338 e. The number of hydrogen-bond donors (Lipinski definition) is 0. The molecule has 3 rings (SSSR count). The Morgan fingerprint density at radius 1 is 1.47 bits per heavy atom. The van der Waals surface area contributed by atoms with Crippen molar-refractivity contribution >= 4 is 11.9 Å². The molecule has 104 valence electrons. The first-order valence-corrected chi connectivity index (χ1v) is 6.60. The predicted octanol–water partition coefficient (Wildman–Crippen LogP) is 1.36. The van der Waals surface area contributed by atoms with Gasteiger partial charge in [-0.3, -0.25) is 4.79 Å². The van der Waals surface area contributed by atoms with E-state index in [9.17, 15) is 9.59 Å². The lowest BCUT2D eigenvalue weighted by molar-refractivity contribution is -0.166. The van der Waals surface area contributed by atoms with Crippen LogP contribution >= 0.6 is 0 Å². The van der Waals surface area contributed by atoms with Gasteiger partial charge in [0.15, 0.2) is 5.60 Å². The molecule has 0 aromatic rings. The van der Waals surface area contributed by atoms with Gasteiger partial charge in [0.05, 0.1) is 11.2 Å². The van der Waals surface area contributed by atoms with Crippen LogP contribution in [-0.4, -0.2) is 36.4 Å². The van der Waals surface area contributed by atoms with Gasteiger partial charge >= 0.3 is 11.9 Å². The summed E-state index contributed by atoms with van der Waals surface area (Å²) in [5.74, 6) is -0.668. The van der Waals surface area contributed by atoms with Gasteiger partial charge in [-0.05, 0) is 32.3 Å². The summed E-state index contributed by atoms with van der Waals surface area (Å²) in [5.41, 5.74) is -0.908. The fourth-order valence-electron chi connectivity index (χ4n) is 3.80. The molecule has 5 heteroatoms. The summed E-state index contributed by atoms with van der Waals surface area (Å²) in [6, 6.07) is 0. The number of hydrogen-bond acceptors (Lipinski definition) is 5. The van der Waals surface area contributed by atoms with E-state index in [1.807, 2.05) is 6.92 Å². The van der Waals surface area contributed by atoms with E-state index in [1.54, 1.807) is 13.2 Å². The lowest BCUT2D eigenvalue weighted by Crippen LogP contribution is -2.51. The van der Waals surface area contributed by atoms with E-state index in [-0.39, 0.29) is 24.0 Å². The molecule has 1 heterocycles. The van der Waals surface area contributed by atoms with Crippen molar-refractivity contribution in [3.63, 3.8) is 0 Å². The topological polar surface area (TPSA) is 61.8 Å². The summed E-state index contributed by atoms with van der Waals surface area (Å²) in [5, 5.41) is 0. The van der Waals surface area contributed by atoms with Crippen molar-refractivity contribution in [2.24, 2.45) is 5.92 Å². The summed E-state index contributed by atoms with van der Waals surface area (Å²) in [7, 11) is 1.63. The van der Waals surface area contributed by atoms with Crippen LogP contribution in [0.1, 0.15) is 33.1 Å². The molecule has 1 saturated heterocycles. The van der Waals surface area contributed by atoms with E-state index >= 15 is 0 Å². The molecule has 1 aliphatic heterocycles. The highest BCUT2D eigenvalue weighted by Gasteiger charge is 2.67. The SMILES string of the molecule is CO[C@]1(C)C=C2C(=O)O[C@@H]3CC[C@H](C1)[C@]23OC(C)=O. The molecule has 0 unspecified atom stereocenters. The van der Waals surface area contributed by atoms with Gasteiger partial charge in [0.1, 0.15) is 6.10 Å². The molecule has 1 saturated carbocycles. The minimum atomic E-state index is -0.874. The van der Waals surface area contributed by atoms with Crippen LogP contribution in [0.5, 0.6) is 0 Å². The molecule has 2 fully saturated rings. The first kappa shape index (κ1) is 12.7. The number of ether oxygens (including phenoxy) is 3. The summed E-state index contributed by atoms with van der Waals surface area (Å²) in [4.78, 5) is 23.5. The van der Waals surface area contributed by atoms with Crippen LogP contribution in [0.4, 0.5) is 0 Å². The average molecular weight is 266 g/mol. The molecule has 0 N–H and O–H groups in total. The van der Waals surface area contributed by atoms with E-state index in [0.29, 0.717) is 5.57 Å². The Hall–Kier alpha value is -1.36. The molecule has 2 aliphatic carbocycles. The first-order chi connectivity index (χ1) is 8.91. The van der Waals surface area contributed by atoms with Crippen LogP contribution in [0.2, 0.25) is 0 Å². The molecule has 0 bridgehead atoms.